The maximum Gasteiger partial charge on any atom is 0.223 e. The Kier molecular flexibility index (Phi) is 7.30. The number of rotatable bonds is 10. The second kappa shape index (κ2) is 10.3. The Hall–Kier alpha value is -2.03. The average Bonchev–Trinajstić information content (AvgIpc) is 3.60. The number of anilines is 2. The summed E-state index contributed by atoms with van der Waals surface area (Å²) in [7, 11) is 1.73. The van der Waals surface area contributed by atoms with Crippen LogP contribution in [0.5, 0.6) is 0 Å². The molecule has 2 fully saturated rings. The molecule has 0 spiro atoms. The molecule has 8 nitrogen and oxygen atoms in total. The fraction of sp³-hybridized carbons (Fsp3) is 0.619. The summed E-state index contributed by atoms with van der Waals surface area (Å²) >= 11 is 6.37. The fourth-order valence-corrected chi connectivity index (χ4v) is 3.90. The van der Waals surface area contributed by atoms with Crippen LogP contribution < -0.4 is 16.0 Å². The third-order valence-corrected chi connectivity index (χ3v) is 5.96. The minimum Gasteiger partial charge on any atom is -0.383 e. The third kappa shape index (κ3) is 6.00. The molecule has 3 N–H and O–H groups in total. The lowest BCUT2D eigenvalue weighted by molar-refractivity contribution is 0.191. The fourth-order valence-electron chi connectivity index (χ4n) is 3.73. The van der Waals surface area contributed by atoms with Gasteiger partial charge in [0.2, 0.25) is 5.95 Å². The molecule has 2 aromatic rings. The van der Waals surface area contributed by atoms with Gasteiger partial charge in [0, 0.05) is 38.5 Å². The molecule has 0 amide bonds. The summed E-state index contributed by atoms with van der Waals surface area (Å²) in [5, 5.41) is 10.8. The van der Waals surface area contributed by atoms with Crippen molar-refractivity contribution in [2.75, 3.05) is 37.4 Å². The zero-order valence-corrected chi connectivity index (χ0v) is 18.2. The molecule has 9 heteroatoms. The number of nitrogens with one attached hydrogen (secondary N) is 3. The molecule has 0 radical (unpaired) electrons. The van der Waals surface area contributed by atoms with Gasteiger partial charge in [0.05, 0.1) is 17.8 Å². The van der Waals surface area contributed by atoms with Gasteiger partial charge in [-0.2, -0.15) is 0 Å². The van der Waals surface area contributed by atoms with Crippen LogP contribution in [0.25, 0.3) is 11.5 Å². The molecule has 162 valence electrons. The van der Waals surface area contributed by atoms with Crippen LogP contribution in [0.2, 0.25) is 5.02 Å². The summed E-state index contributed by atoms with van der Waals surface area (Å²) < 4.78 is 5.11. The van der Waals surface area contributed by atoms with Gasteiger partial charge < -0.3 is 20.7 Å². The molecule has 2 aromatic heterocycles. The zero-order chi connectivity index (χ0) is 20.8. The predicted octanol–water partition coefficient (Wildman–Crippen LogP) is 3.37. The van der Waals surface area contributed by atoms with Crippen LogP contribution in [0.15, 0.2) is 18.5 Å². The Morgan fingerprint density at radius 2 is 1.87 bits per heavy atom. The summed E-state index contributed by atoms with van der Waals surface area (Å²) in [6, 6.07) is 2.78. The van der Waals surface area contributed by atoms with Crippen LogP contribution in [0.1, 0.15) is 38.5 Å². The van der Waals surface area contributed by atoms with E-state index in [0.717, 1.165) is 57.1 Å². The van der Waals surface area contributed by atoms with E-state index in [0.29, 0.717) is 34.6 Å². The molecule has 2 aliphatic carbocycles. The Morgan fingerprint density at radius 1 is 1.07 bits per heavy atom. The van der Waals surface area contributed by atoms with Gasteiger partial charge in [-0.15, -0.1) is 0 Å². The van der Waals surface area contributed by atoms with E-state index in [1.165, 1.54) is 12.8 Å². The van der Waals surface area contributed by atoms with Gasteiger partial charge in [-0.1, -0.05) is 11.6 Å². The van der Waals surface area contributed by atoms with Crippen molar-refractivity contribution in [1.82, 2.24) is 25.3 Å². The second-order valence-corrected chi connectivity index (χ2v) is 8.53. The molecule has 0 saturated heterocycles. The number of aromatic nitrogens is 4. The minimum absolute atomic E-state index is 0.354. The first-order chi connectivity index (χ1) is 14.7. The summed E-state index contributed by atoms with van der Waals surface area (Å²) in [6.07, 6.45) is 10.3. The van der Waals surface area contributed by atoms with Crippen LogP contribution in [0.3, 0.4) is 0 Å². The van der Waals surface area contributed by atoms with Crippen molar-refractivity contribution in [2.24, 2.45) is 5.92 Å². The number of hydrogen-bond donors (Lipinski definition) is 3. The van der Waals surface area contributed by atoms with Crippen molar-refractivity contribution in [1.29, 1.82) is 0 Å². The van der Waals surface area contributed by atoms with E-state index in [4.69, 9.17) is 16.3 Å². The lowest BCUT2D eigenvalue weighted by Crippen LogP contribution is -2.38. The monoisotopic (exact) mass is 431 g/mol. The van der Waals surface area contributed by atoms with Crippen LogP contribution in [-0.4, -0.2) is 58.8 Å². The van der Waals surface area contributed by atoms with Crippen molar-refractivity contribution in [2.45, 2.75) is 50.6 Å². The smallest absolute Gasteiger partial charge is 0.223 e. The molecular weight excluding hydrogens is 402 g/mol. The van der Waals surface area contributed by atoms with E-state index < -0.39 is 0 Å². The van der Waals surface area contributed by atoms with Crippen LogP contribution in [0, 0.1) is 5.92 Å². The molecule has 0 atom stereocenters. The van der Waals surface area contributed by atoms with E-state index in [-0.39, 0.29) is 0 Å². The quantitative estimate of drug-likeness (QED) is 0.492. The molecule has 2 saturated carbocycles. The number of halogens is 1. The summed E-state index contributed by atoms with van der Waals surface area (Å²) in [5.74, 6) is 2.66. The van der Waals surface area contributed by atoms with Crippen molar-refractivity contribution in [3.05, 3.63) is 23.5 Å². The molecule has 0 aromatic carbocycles. The Labute approximate surface area is 182 Å². The standard InChI is InChI=1S/C21H30ClN7O/c1-30-11-10-23-15-4-6-16(7-5-15)27-21-26-13-17(22)19(29-21)20-24-9-8-18(28-20)25-12-14-2-3-14/h8-9,13-16,23H,2-7,10-12H2,1H3,(H,24,25,28)(H,26,27,29). The number of ether oxygens (including phenoxy) is 1. The van der Waals surface area contributed by atoms with Gasteiger partial charge in [0.1, 0.15) is 11.5 Å². The zero-order valence-electron chi connectivity index (χ0n) is 17.4. The first-order valence-corrected chi connectivity index (χ1v) is 11.2. The van der Waals surface area contributed by atoms with Gasteiger partial charge in [-0.25, -0.2) is 19.9 Å². The third-order valence-electron chi connectivity index (χ3n) is 5.68. The molecule has 0 aliphatic heterocycles. The highest BCUT2D eigenvalue weighted by Crippen LogP contribution is 2.29. The maximum absolute atomic E-state index is 6.37. The highest BCUT2D eigenvalue weighted by Gasteiger charge is 2.22. The van der Waals surface area contributed by atoms with E-state index >= 15 is 0 Å². The predicted molar refractivity (Wildman–Crippen MR) is 119 cm³/mol. The van der Waals surface area contributed by atoms with Crippen molar-refractivity contribution >= 4 is 23.4 Å². The topological polar surface area (TPSA) is 96.9 Å². The van der Waals surface area contributed by atoms with E-state index in [1.54, 1.807) is 19.5 Å². The summed E-state index contributed by atoms with van der Waals surface area (Å²) in [6.45, 7) is 2.60. The number of nitrogens with zero attached hydrogens (tertiary/aromatic N) is 4. The minimum atomic E-state index is 0.354. The summed E-state index contributed by atoms with van der Waals surface area (Å²) in [5.41, 5.74) is 0.555. The molecule has 30 heavy (non-hydrogen) atoms. The Balaban J connectivity index is 1.36. The van der Waals surface area contributed by atoms with Gasteiger partial charge in [0.25, 0.3) is 0 Å². The normalized spacial score (nSPS) is 21.4. The molecule has 2 aliphatic rings. The van der Waals surface area contributed by atoms with Crippen molar-refractivity contribution in [3.63, 3.8) is 0 Å². The first kappa shape index (κ1) is 21.2. The highest BCUT2D eigenvalue weighted by atomic mass is 35.5. The van der Waals surface area contributed by atoms with Crippen LogP contribution >= 0.6 is 11.6 Å². The highest BCUT2D eigenvalue weighted by molar-refractivity contribution is 6.32. The maximum atomic E-state index is 6.37. The Morgan fingerprint density at radius 3 is 2.63 bits per heavy atom. The Bertz CT molecular complexity index is 825. The average molecular weight is 432 g/mol. The van der Waals surface area contributed by atoms with Gasteiger partial charge in [-0.05, 0) is 50.5 Å². The summed E-state index contributed by atoms with van der Waals surface area (Å²) in [4.78, 5) is 18.0. The van der Waals surface area contributed by atoms with Gasteiger partial charge in [0.15, 0.2) is 5.82 Å². The van der Waals surface area contributed by atoms with E-state index in [9.17, 15) is 0 Å². The number of methoxy groups -OCH3 is 1. The molecule has 4 rings (SSSR count). The van der Waals surface area contributed by atoms with Crippen LogP contribution in [0.4, 0.5) is 11.8 Å². The van der Waals surface area contributed by atoms with E-state index in [2.05, 4.69) is 35.9 Å². The van der Waals surface area contributed by atoms with E-state index in [1.807, 2.05) is 6.07 Å². The first-order valence-electron chi connectivity index (χ1n) is 10.8. The van der Waals surface area contributed by atoms with Crippen molar-refractivity contribution < 1.29 is 4.74 Å². The molecule has 0 unspecified atom stereocenters. The molecular formula is C21H30ClN7O. The number of hydrogen-bond acceptors (Lipinski definition) is 8. The largest absolute Gasteiger partial charge is 0.383 e. The SMILES string of the molecule is COCCNC1CCC(Nc2ncc(Cl)c(-c3nccc(NCC4CC4)n3)n2)CC1. The molecule has 2 heterocycles. The lowest BCUT2D eigenvalue weighted by Gasteiger charge is -2.29. The van der Waals surface area contributed by atoms with Crippen molar-refractivity contribution in [3.8, 4) is 11.5 Å². The second-order valence-electron chi connectivity index (χ2n) is 8.12. The van der Waals surface area contributed by atoms with Gasteiger partial charge >= 0.3 is 0 Å². The van der Waals surface area contributed by atoms with Gasteiger partial charge in [-0.3, -0.25) is 0 Å². The lowest BCUT2D eigenvalue weighted by atomic mass is 9.91. The molecule has 0 bridgehead atoms. The van der Waals surface area contributed by atoms with Crippen LogP contribution in [-0.2, 0) is 4.74 Å².